The second-order valence-electron chi connectivity index (χ2n) is 2.80. The second-order valence-corrected chi connectivity index (χ2v) is 5.13. The molecule has 1 aliphatic heterocycles. The topological polar surface area (TPSA) is 46.2 Å². The van der Waals surface area contributed by atoms with Gasteiger partial charge in [0.2, 0.25) is 0 Å². The van der Waals surface area contributed by atoms with E-state index in [9.17, 15) is 9.59 Å². The maximum atomic E-state index is 11.2. The van der Waals surface area contributed by atoms with E-state index in [1.807, 2.05) is 19.1 Å². The third kappa shape index (κ3) is 1.88. The summed E-state index contributed by atoms with van der Waals surface area (Å²) in [5, 5.41) is 1.92. The molecule has 1 aromatic heterocycles. The van der Waals surface area contributed by atoms with Crippen molar-refractivity contribution in [1.82, 2.24) is 5.32 Å². The monoisotopic (exact) mass is 225 g/mol. The van der Waals surface area contributed by atoms with Gasteiger partial charge in [0.15, 0.2) is 0 Å². The van der Waals surface area contributed by atoms with Crippen LogP contribution in [0.25, 0.3) is 6.08 Å². The van der Waals surface area contributed by atoms with E-state index in [2.05, 4.69) is 5.32 Å². The highest BCUT2D eigenvalue weighted by molar-refractivity contribution is 8.18. The normalized spacial score (nSPS) is 19.1. The Hall–Kier alpha value is -1.07. The molecule has 3 nitrogen and oxygen atoms in total. The molecule has 14 heavy (non-hydrogen) atoms. The summed E-state index contributed by atoms with van der Waals surface area (Å²) < 4.78 is 0. The van der Waals surface area contributed by atoms with Crippen molar-refractivity contribution in [2.45, 2.75) is 6.92 Å². The number of hydrogen-bond donors (Lipinski definition) is 1. The minimum atomic E-state index is -0.300. The minimum Gasteiger partial charge on any atom is -0.282 e. The highest BCUT2D eigenvalue weighted by Crippen LogP contribution is 2.27. The van der Waals surface area contributed by atoms with Gasteiger partial charge in [-0.15, -0.1) is 11.3 Å². The number of amides is 2. The van der Waals surface area contributed by atoms with E-state index in [1.54, 1.807) is 17.4 Å². The van der Waals surface area contributed by atoms with Gasteiger partial charge >= 0.3 is 0 Å². The second kappa shape index (κ2) is 3.59. The van der Waals surface area contributed by atoms with Gasteiger partial charge in [0, 0.05) is 9.75 Å². The van der Waals surface area contributed by atoms with Crippen LogP contribution in [0.3, 0.4) is 0 Å². The molecule has 0 bridgehead atoms. The third-order valence-electron chi connectivity index (χ3n) is 1.68. The lowest BCUT2D eigenvalue weighted by atomic mass is 10.4. The molecule has 0 aromatic carbocycles. The zero-order chi connectivity index (χ0) is 10.1. The molecule has 5 heteroatoms. The summed E-state index contributed by atoms with van der Waals surface area (Å²) in [7, 11) is 0. The lowest BCUT2D eigenvalue weighted by molar-refractivity contribution is -0.115. The Balaban J connectivity index is 2.27. The zero-order valence-electron chi connectivity index (χ0n) is 7.37. The van der Waals surface area contributed by atoms with Crippen molar-refractivity contribution in [3.8, 4) is 0 Å². The van der Waals surface area contributed by atoms with E-state index in [0.29, 0.717) is 4.91 Å². The summed E-state index contributed by atoms with van der Waals surface area (Å²) in [5.41, 5.74) is 0. The molecular weight excluding hydrogens is 218 g/mol. The lowest BCUT2D eigenvalue weighted by Crippen LogP contribution is -2.17. The van der Waals surface area contributed by atoms with Crippen LogP contribution in [0.2, 0.25) is 0 Å². The van der Waals surface area contributed by atoms with Gasteiger partial charge in [0.25, 0.3) is 11.1 Å². The molecule has 1 saturated heterocycles. The first-order valence-electron chi connectivity index (χ1n) is 3.96. The van der Waals surface area contributed by atoms with Crippen molar-refractivity contribution in [3.05, 3.63) is 26.8 Å². The van der Waals surface area contributed by atoms with Crippen LogP contribution < -0.4 is 5.32 Å². The molecular formula is C9H7NO2S2. The number of imide groups is 1. The van der Waals surface area contributed by atoms with Crippen molar-refractivity contribution in [1.29, 1.82) is 0 Å². The largest absolute Gasteiger partial charge is 0.290 e. The zero-order valence-corrected chi connectivity index (χ0v) is 9.00. The number of carbonyl (C=O) groups is 2. The van der Waals surface area contributed by atoms with Crippen molar-refractivity contribution in [2.24, 2.45) is 0 Å². The highest BCUT2D eigenvalue weighted by Gasteiger charge is 2.24. The van der Waals surface area contributed by atoms with Crippen LogP contribution >= 0.6 is 23.1 Å². The van der Waals surface area contributed by atoms with Crippen molar-refractivity contribution >= 4 is 40.3 Å². The number of nitrogens with one attached hydrogen (secondary N) is 1. The van der Waals surface area contributed by atoms with Crippen molar-refractivity contribution < 1.29 is 9.59 Å². The predicted molar refractivity (Wildman–Crippen MR) is 58.2 cm³/mol. The number of hydrogen-bond acceptors (Lipinski definition) is 4. The number of carbonyl (C=O) groups excluding carboxylic acids is 2. The van der Waals surface area contributed by atoms with Gasteiger partial charge in [-0.05, 0) is 36.9 Å². The fourth-order valence-electron chi connectivity index (χ4n) is 1.08. The quantitative estimate of drug-likeness (QED) is 0.746. The maximum Gasteiger partial charge on any atom is 0.290 e. The molecule has 1 N–H and O–H groups in total. The van der Waals surface area contributed by atoms with Crippen LogP contribution in [0, 0.1) is 6.92 Å². The first-order chi connectivity index (χ1) is 6.65. The maximum absolute atomic E-state index is 11.2. The first kappa shape index (κ1) is 9.48. The number of aryl methyl sites for hydroxylation is 1. The van der Waals surface area contributed by atoms with E-state index in [1.165, 1.54) is 4.88 Å². The van der Waals surface area contributed by atoms with Gasteiger partial charge in [-0.2, -0.15) is 0 Å². The Morgan fingerprint density at radius 1 is 1.36 bits per heavy atom. The van der Waals surface area contributed by atoms with E-state index in [-0.39, 0.29) is 11.1 Å². The highest BCUT2D eigenvalue weighted by atomic mass is 32.2. The molecule has 1 aliphatic rings. The molecule has 0 aliphatic carbocycles. The molecule has 0 spiro atoms. The Morgan fingerprint density at radius 3 is 2.64 bits per heavy atom. The van der Waals surface area contributed by atoms with E-state index >= 15 is 0 Å². The van der Waals surface area contributed by atoms with Gasteiger partial charge in [0.1, 0.15) is 0 Å². The Bertz CT molecular complexity index is 434. The number of thiophene rings is 1. The molecule has 0 unspecified atom stereocenters. The standard InChI is InChI=1S/C9H7NO2S2/c1-5-2-3-6(13-5)4-7-8(11)10-9(12)14-7/h2-4H,1H3,(H,10,11,12). The fourth-order valence-corrected chi connectivity index (χ4v) is 2.65. The minimum absolute atomic E-state index is 0.297. The molecule has 1 aromatic rings. The van der Waals surface area contributed by atoms with Crippen LogP contribution in [-0.4, -0.2) is 11.1 Å². The molecule has 0 radical (unpaired) electrons. The summed E-state index contributed by atoms with van der Waals surface area (Å²) in [5.74, 6) is -0.300. The van der Waals surface area contributed by atoms with Crippen LogP contribution in [0.15, 0.2) is 17.0 Å². The molecule has 1 fully saturated rings. The van der Waals surface area contributed by atoms with Crippen molar-refractivity contribution in [2.75, 3.05) is 0 Å². The Labute approximate surface area is 89.2 Å². The van der Waals surface area contributed by atoms with Gasteiger partial charge in [-0.1, -0.05) is 0 Å². The molecule has 0 saturated carbocycles. The summed E-state index contributed by atoms with van der Waals surface area (Å²) in [6, 6.07) is 3.92. The first-order valence-corrected chi connectivity index (χ1v) is 5.60. The predicted octanol–water partition coefficient (Wildman–Crippen LogP) is 2.38. The summed E-state index contributed by atoms with van der Waals surface area (Å²) in [6.45, 7) is 2.00. The van der Waals surface area contributed by atoms with Crippen LogP contribution in [-0.2, 0) is 4.79 Å². The molecule has 72 valence electrons. The van der Waals surface area contributed by atoms with Crippen LogP contribution in [0.4, 0.5) is 4.79 Å². The fraction of sp³-hybridized carbons (Fsp3) is 0.111. The molecule has 2 heterocycles. The SMILES string of the molecule is Cc1ccc(C=C2SC(=O)NC2=O)s1. The third-order valence-corrected chi connectivity index (χ3v) is 3.43. The average Bonchev–Trinajstić information content (AvgIpc) is 2.61. The van der Waals surface area contributed by atoms with Crippen LogP contribution in [0.5, 0.6) is 0 Å². The average molecular weight is 225 g/mol. The number of rotatable bonds is 1. The molecule has 0 atom stereocenters. The summed E-state index contributed by atoms with van der Waals surface area (Å²) in [6.07, 6.45) is 1.74. The van der Waals surface area contributed by atoms with Gasteiger partial charge in [-0.25, -0.2) is 0 Å². The van der Waals surface area contributed by atoms with Gasteiger partial charge in [0.05, 0.1) is 4.91 Å². The Kier molecular flexibility index (Phi) is 2.43. The molecule has 2 amide bonds. The van der Waals surface area contributed by atoms with Crippen LogP contribution in [0.1, 0.15) is 9.75 Å². The van der Waals surface area contributed by atoms with E-state index < -0.39 is 0 Å². The number of thioether (sulfide) groups is 1. The van der Waals surface area contributed by atoms with Gasteiger partial charge < -0.3 is 0 Å². The van der Waals surface area contributed by atoms with Crippen molar-refractivity contribution in [3.63, 3.8) is 0 Å². The Morgan fingerprint density at radius 2 is 2.14 bits per heavy atom. The smallest absolute Gasteiger partial charge is 0.282 e. The molecule has 2 rings (SSSR count). The van der Waals surface area contributed by atoms with E-state index in [4.69, 9.17) is 0 Å². The van der Waals surface area contributed by atoms with Gasteiger partial charge in [-0.3, -0.25) is 14.9 Å². The summed E-state index contributed by atoms with van der Waals surface area (Å²) in [4.78, 5) is 24.7. The summed E-state index contributed by atoms with van der Waals surface area (Å²) >= 11 is 2.54. The lowest BCUT2D eigenvalue weighted by Gasteiger charge is -1.87. The van der Waals surface area contributed by atoms with E-state index in [0.717, 1.165) is 16.6 Å².